The molecule has 0 spiro atoms. The lowest BCUT2D eigenvalue weighted by atomic mass is 10.0. The third-order valence-corrected chi connectivity index (χ3v) is 4.92. The molecular formula is C19H15FN4O2S. The summed E-state index contributed by atoms with van der Waals surface area (Å²) in [7, 11) is 0. The van der Waals surface area contributed by atoms with Crippen molar-refractivity contribution in [3.05, 3.63) is 59.9 Å². The minimum Gasteiger partial charge on any atom is -0.854 e. The number of aromatic nitrogens is 3. The van der Waals surface area contributed by atoms with Crippen molar-refractivity contribution in [2.45, 2.75) is 18.2 Å². The number of carbonyl (C=O) groups is 1. The number of amides is 1. The van der Waals surface area contributed by atoms with Crippen molar-refractivity contribution in [3.8, 4) is 17.1 Å². The Morgan fingerprint density at radius 1 is 1.26 bits per heavy atom. The molecule has 0 radical (unpaired) electrons. The summed E-state index contributed by atoms with van der Waals surface area (Å²) in [6.45, 7) is 1.43. The molecule has 4 rings (SSSR count). The van der Waals surface area contributed by atoms with Crippen molar-refractivity contribution in [1.82, 2.24) is 10.1 Å². The van der Waals surface area contributed by atoms with E-state index in [1.54, 1.807) is 42.7 Å². The summed E-state index contributed by atoms with van der Waals surface area (Å²) in [5.41, 5.74) is 1.92. The van der Waals surface area contributed by atoms with Gasteiger partial charge in [-0.05, 0) is 36.6 Å². The number of thioether (sulfide) groups is 1. The maximum atomic E-state index is 13.9. The summed E-state index contributed by atoms with van der Waals surface area (Å²) in [5.74, 6) is -1.11. The first kappa shape index (κ1) is 17.4. The number of hydrogen-bond acceptors (Lipinski definition) is 5. The lowest BCUT2D eigenvalue weighted by Crippen LogP contribution is -2.58. The highest BCUT2D eigenvalue weighted by molar-refractivity contribution is 7.98. The Kier molecular flexibility index (Phi) is 4.27. The number of fused-ring (bicyclic) bond motifs is 3. The smallest absolute Gasteiger partial charge is 0.293 e. The van der Waals surface area contributed by atoms with Gasteiger partial charge in [-0.1, -0.05) is 34.6 Å². The lowest BCUT2D eigenvalue weighted by molar-refractivity contribution is -0.764. The molecule has 1 aromatic heterocycles. The van der Waals surface area contributed by atoms with E-state index in [-0.39, 0.29) is 16.8 Å². The third-order valence-electron chi connectivity index (χ3n) is 4.39. The van der Waals surface area contributed by atoms with Gasteiger partial charge in [0.2, 0.25) is 5.91 Å². The van der Waals surface area contributed by atoms with Crippen molar-refractivity contribution < 1.29 is 19.0 Å². The first-order valence-electron chi connectivity index (χ1n) is 8.21. The van der Waals surface area contributed by atoms with E-state index in [9.17, 15) is 14.3 Å². The van der Waals surface area contributed by atoms with E-state index >= 15 is 0 Å². The number of halogens is 1. The molecule has 136 valence electrons. The monoisotopic (exact) mass is 382 g/mol. The van der Waals surface area contributed by atoms with E-state index in [1.165, 1.54) is 40.4 Å². The van der Waals surface area contributed by atoms with Gasteiger partial charge in [0.25, 0.3) is 17.0 Å². The van der Waals surface area contributed by atoms with Gasteiger partial charge in [0.05, 0.1) is 17.1 Å². The number of benzene rings is 2. The van der Waals surface area contributed by atoms with Crippen molar-refractivity contribution in [2.75, 3.05) is 11.2 Å². The predicted molar refractivity (Wildman–Crippen MR) is 96.6 cm³/mol. The second-order valence-corrected chi connectivity index (χ2v) is 6.81. The van der Waals surface area contributed by atoms with Crippen molar-refractivity contribution in [1.29, 1.82) is 0 Å². The molecule has 0 saturated carbocycles. The van der Waals surface area contributed by atoms with Gasteiger partial charge in [0, 0.05) is 17.6 Å². The lowest BCUT2D eigenvalue weighted by Gasteiger charge is -2.32. The average molecular weight is 382 g/mol. The summed E-state index contributed by atoms with van der Waals surface area (Å²) in [6, 6.07) is 13.0. The first-order chi connectivity index (χ1) is 13.0. The van der Waals surface area contributed by atoms with Crippen LogP contribution in [0, 0.1) is 5.82 Å². The minimum absolute atomic E-state index is 0.244. The van der Waals surface area contributed by atoms with E-state index in [2.05, 4.69) is 10.1 Å². The van der Waals surface area contributed by atoms with E-state index in [4.69, 9.17) is 0 Å². The van der Waals surface area contributed by atoms with Gasteiger partial charge in [0.1, 0.15) is 5.82 Å². The Hall–Kier alpha value is -3.00. The highest BCUT2D eigenvalue weighted by Crippen LogP contribution is 2.40. The van der Waals surface area contributed by atoms with Crippen LogP contribution < -0.4 is 14.7 Å². The Morgan fingerprint density at radius 2 is 2.04 bits per heavy atom. The Morgan fingerprint density at radius 3 is 2.74 bits per heavy atom. The highest BCUT2D eigenvalue weighted by Gasteiger charge is 2.43. The van der Waals surface area contributed by atoms with Crippen LogP contribution in [-0.4, -0.2) is 22.2 Å². The van der Waals surface area contributed by atoms with E-state index in [1.807, 2.05) is 0 Å². The van der Waals surface area contributed by atoms with Crippen LogP contribution in [0.2, 0.25) is 0 Å². The molecule has 0 bridgehead atoms. The van der Waals surface area contributed by atoms with Crippen molar-refractivity contribution >= 4 is 23.4 Å². The zero-order chi connectivity index (χ0) is 19.1. The van der Waals surface area contributed by atoms with Gasteiger partial charge in [-0.25, -0.2) is 14.3 Å². The fraction of sp³-hybridized carbons (Fsp3) is 0.158. The molecule has 0 saturated heterocycles. The second kappa shape index (κ2) is 6.62. The van der Waals surface area contributed by atoms with E-state index in [0.29, 0.717) is 16.8 Å². The number of para-hydroxylation sites is 1. The largest absolute Gasteiger partial charge is 0.854 e. The quantitative estimate of drug-likeness (QED) is 0.502. The first-order valence-corrected chi connectivity index (χ1v) is 9.43. The number of rotatable bonds is 2. The number of nitrogens with zero attached hydrogens (tertiary/aromatic N) is 4. The molecule has 1 amide bonds. The summed E-state index contributed by atoms with van der Waals surface area (Å²) in [6.07, 6.45) is 0.975. The maximum absolute atomic E-state index is 13.9. The topological polar surface area (TPSA) is 73.0 Å². The molecular weight excluding hydrogens is 367 g/mol. The number of hydrogen-bond donors (Lipinski definition) is 0. The molecule has 0 fully saturated rings. The normalized spacial score (nSPS) is 15.2. The van der Waals surface area contributed by atoms with Crippen molar-refractivity contribution in [3.63, 3.8) is 0 Å². The molecule has 1 aliphatic rings. The zero-order valence-electron chi connectivity index (χ0n) is 14.6. The molecule has 27 heavy (non-hydrogen) atoms. The van der Waals surface area contributed by atoms with Crippen LogP contribution in [0.15, 0.2) is 53.7 Å². The molecule has 2 heterocycles. The van der Waals surface area contributed by atoms with Gasteiger partial charge in [-0.15, -0.1) is 0 Å². The number of carbonyl (C=O) groups excluding carboxylic acids is 1. The van der Waals surface area contributed by atoms with Crippen molar-refractivity contribution in [2.24, 2.45) is 0 Å². The summed E-state index contributed by atoms with van der Waals surface area (Å²) in [4.78, 5) is 18.1. The SMILES string of the molecule is CSc1nc([O-])c2[n+](n1)C(c1cccc(F)c1)N(C(C)=O)c1ccccc1-2. The van der Waals surface area contributed by atoms with Crippen LogP contribution in [0.5, 0.6) is 5.88 Å². The molecule has 1 atom stereocenters. The Bertz CT molecular complexity index is 1060. The molecule has 8 heteroatoms. The van der Waals surface area contributed by atoms with Crippen LogP contribution in [0.25, 0.3) is 11.3 Å². The molecule has 6 nitrogen and oxygen atoms in total. The Balaban J connectivity index is 2.09. The molecule has 1 aliphatic heterocycles. The van der Waals surface area contributed by atoms with Crippen LogP contribution >= 0.6 is 11.8 Å². The van der Waals surface area contributed by atoms with Crippen LogP contribution in [0.1, 0.15) is 18.7 Å². The average Bonchev–Trinajstić information content (AvgIpc) is 2.66. The van der Waals surface area contributed by atoms with E-state index in [0.717, 1.165) is 0 Å². The molecule has 1 unspecified atom stereocenters. The second-order valence-electron chi connectivity index (χ2n) is 6.03. The van der Waals surface area contributed by atoms with Crippen LogP contribution in [0.4, 0.5) is 10.1 Å². The fourth-order valence-electron chi connectivity index (χ4n) is 3.33. The standard InChI is InChI=1S/C19H15FN4O2S/c1-11(25)23-15-9-4-3-8-14(15)16-17(26)21-19(27-2)22-24(16)18(23)12-6-5-7-13(20)10-12/h3-10,18H,1-2H3. The Labute approximate surface area is 159 Å². The van der Waals surface area contributed by atoms with Gasteiger partial charge in [-0.3, -0.25) is 4.79 Å². The highest BCUT2D eigenvalue weighted by atomic mass is 32.2. The minimum atomic E-state index is -0.787. The number of anilines is 1. The summed E-state index contributed by atoms with van der Waals surface area (Å²) >= 11 is 1.23. The maximum Gasteiger partial charge on any atom is 0.293 e. The summed E-state index contributed by atoms with van der Waals surface area (Å²) < 4.78 is 15.4. The third kappa shape index (κ3) is 2.82. The van der Waals surface area contributed by atoms with Gasteiger partial charge < -0.3 is 5.11 Å². The molecule has 3 aromatic rings. The van der Waals surface area contributed by atoms with Crippen LogP contribution in [-0.2, 0) is 4.79 Å². The van der Waals surface area contributed by atoms with E-state index < -0.39 is 17.9 Å². The predicted octanol–water partition coefficient (Wildman–Crippen LogP) is 2.28. The summed E-state index contributed by atoms with van der Waals surface area (Å²) in [5, 5.41) is 17.5. The zero-order valence-corrected chi connectivity index (χ0v) is 15.4. The molecule has 0 N–H and O–H groups in total. The molecule has 0 aliphatic carbocycles. The van der Waals surface area contributed by atoms with Gasteiger partial charge >= 0.3 is 0 Å². The van der Waals surface area contributed by atoms with Crippen LogP contribution in [0.3, 0.4) is 0 Å². The van der Waals surface area contributed by atoms with Gasteiger partial charge in [0.15, 0.2) is 0 Å². The van der Waals surface area contributed by atoms with Gasteiger partial charge in [-0.2, -0.15) is 0 Å². The fourth-order valence-corrected chi connectivity index (χ4v) is 3.67. The molecule has 2 aromatic carbocycles.